The maximum atomic E-state index is 5.44. The molecule has 0 aliphatic heterocycles. The Morgan fingerprint density at radius 1 is 0.577 bits per heavy atom. The van der Waals surface area contributed by atoms with Crippen LogP contribution in [0.5, 0.6) is 0 Å². The summed E-state index contributed by atoms with van der Waals surface area (Å²) in [6.45, 7) is 4.52. The van der Waals surface area contributed by atoms with Gasteiger partial charge in [0.1, 0.15) is 10.2 Å². The van der Waals surface area contributed by atoms with Crippen molar-refractivity contribution in [1.29, 1.82) is 0 Å². The lowest BCUT2D eigenvalue weighted by Gasteiger charge is -2.10. The van der Waals surface area contributed by atoms with E-state index in [0.717, 1.165) is 12.8 Å². The fourth-order valence-corrected chi connectivity index (χ4v) is 3.02. The van der Waals surface area contributed by atoms with Gasteiger partial charge in [0.15, 0.2) is 0 Å². The molecule has 0 unspecified atom stereocenters. The van der Waals surface area contributed by atoms with Crippen molar-refractivity contribution in [2.75, 3.05) is 0 Å². The van der Waals surface area contributed by atoms with E-state index in [1.165, 1.54) is 89.9 Å². The normalized spacial score (nSPS) is 12.9. The molecule has 0 rings (SSSR count). The third-order valence-corrected chi connectivity index (χ3v) is 4.82. The summed E-state index contributed by atoms with van der Waals surface area (Å²) in [5, 5.41) is 0. The van der Waals surface area contributed by atoms with E-state index < -0.39 is 5.91 Å². The van der Waals surface area contributed by atoms with Gasteiger partial charge in [0.25, 0.3) is 0 Å². The van der Waals surface area contributed by atoms with Crippen LogP contribution in [0, 0.1) is 0 Å². The zero-order valence-corrected chi connectivity index (χ0v) is 18.5. The number of rotatable bonds is 20. The first-order valence-electron chi connectivity index (χ1n) is 11.1. The monoisotopic (exact) mass is 379 g/mol. The summed E-state index contributed by atoms with van der Waals surface area (Å²) in [4.78, 5) is 0. The molecule has 0 aromatic rings. The van der Waals surface area contributed by atoms with Gasteiger partial charge in [0.05, 0.1) is 12.5 Å². The second kappa shape index (κ2) is 22.3. The molecule has 0 spiro atoms. The lowest BCUT2D eigenvalue weighted by Crippen LogP contribution is -2.10. The predicted octanol–water partition coefficient (Wildman–Crippen LogP) is 7.78. The Hall–Kier alpha value is -0.703. The smallest absolute Gasteiger partial charge is 0.210 e. The van der Waals surface area contributed by atoms with Gasteiger partial charge in [-0.15, -0.1) is 0 Å². The number of unbranched alkanes of at least 4 members (excludes halogenated alkanes) is 14. The third-order valence-electron chi connectivity index (χ3n) is 4.55. The molecule has 2 nitrogen and oxygen atoms in total. The summed E-state index contributed by atoms with van der Waals surface area (Å²) in [5.41, 5.74) is 0. The van der Waals surface area contributed by atoms with Crippen molar-refractivity contribution in [2.24, 2.45) is 0 Å². The van der Waals surface area contributed by atoms with Crippen LogP contribution < -0.4 is 0 Å². The van der Waals surface area contributed by atoms with Crippen LogP contribution in [-0.4, -0.2) is 16.2 Å². The molecule has 3 heteroatoms. The summed E-state index contributed by atoms with van der Waals surface area (Å²) in [6, 6.07) is 0. The van der Waals surface area contributed by atoms with Crippen LogP contribution in [-0.2, 0) is 9.47 Å². The molecule has 0 N–H and O–H groups in total. The molecule has 0 fully saturated rings. The van der Waals surface area contributed by atoms with E-state index in [-0.39, 0.29) is 0 Å². The fraction of sp³-hybridized carbons (Fsp3) is 0.826. The highest BCUT2D eigenvalue weighted by Crippen LogP contribution is 2.10. The summed E-state index contributed by atoms with van der Waals surface area (Å²) < 4.78 is 10.9. The highest BCUT2D eigenvalue weighted by Gasteiger charge is 1.96. The minimum atomic E-state index is -0.398. The van der Waals surface area contributed by atoms with Crippen LogP contribution in [0.2, 0.25) is 0 Å². The van der Waals surface area contributed by atoms with Crippen molar-refractivity contribution in [3.8, 4) is 0 Å². The van der Waals surface area contributed by atoms with Gasteiger partial charge in [-0.3, -0.25) is 0 Å². The highest BCUT2D eigenvalue weighted by atomic mass is 28.1. The Labute approximate surface area is 167 Å². The molecular formula is C23H43O2Si. The summed E-state index contributed by atoms with van der Waals surface area (Å²) in [5.74, 6) is -0.398. The topological polar surface area (TPSA) is 18.5 Å². The van der Waals surface area contributed by atoms with Crippen molar-refractivity contribution >= 4 is 10.2 Å². The zero-order chi connectivity index (χ0) is 19.1. The molecule has 0 heterocycles. The van der Waals surface area contributed by atoms with Gasteiger partial charge >= 0.3 is 0 Å². The van der Waals surface area contributed by atoms with Crippen LogP contribution in [0.3, 0.4) is 0 Å². The number of hydrogen-bond donors (Lipinski definition) is 0. The summed E-state index contributed by atoms with van der Waals surface area (Å²) >= 11 is 0. The van der Waals surface area contributed by atoms with E-state index in [4.69, 9.17) is 9.47 Å². The predicted molar refractivity (Wildman–Crippen MR) is 115 cm³/mol. The average Bonchev–Trinajstić information content (AvgIpc) is 2.64. The molecule has 0 bridgehead atoms. The molecule has 0 amide bonds. The molecule has 0 aliphatic rings. The molecule has 26 heavy (non-hydrogen) atoms. The molecule has 0 saturated carbocycles. The van der Waals surface area contributed by atoms with Crippen LogP contribution in [0.4, 0.5) is 0 Å². The van der Waals surface area contributed by atoms with E-state index >= 15 is 0 Å². The highest BCUT2D eigenvalue weighted by molar-refractivity contribution is 6.10. The quantitative estimate of drug-likeness (QED) is 0.0930. The van der Waals surface area contributed by atoms with Crippen molar-refractivity contribution in [2.45, 2.75) is 122 Å². The van der Waals surface area contributed by atoms with Crippen molar-refractivity contribution in [1.82, 2.24) is 0 Å². The number of hydrogen-bond acceptors (Lipinski definition) is 2. The second-order valence-electron chi connectivity index (χ2n) is 7.17. The molecule has 0 aromatic carbocycles. The van der Waals surface area contributed by atoms with E-state index in [9.17, 15) is 0 Å². The van der Waals surface area contributed by atoms with E-state index in [1.807, 2.05) is 0 Å². The van der Waals surface area contributed by atoms with Crippen LogP contribution >= 0.6 is 0 Å². The minimum Gasteiger partial charge on any atom is -0.468 e. The van der Waals surface area contributed by atoms with Gasteiger partial charge in [-0.25, -0.2) is 0 Å². The standard InChI is InChI=1S/C23H43O2Si/c1-3-5-7-9-11-13-15-17-19-21-24-23(26)25-22-20-18-16-14-12-10-8-6-4-2/h19-23H,3-18H2,1-2H3. The maximum Gasteiger partial charge on any atom is 0.210 e. The van der Waals surface area contributed by atoms with Crippen LogP contribution in [0.25, 0.3) is 0 Å². The van der Waals surface area contributed by atoms with Gasteiger partial charge in [0, 0.05) is 0 Å². The SMILES string of the molecule is CCCCCCCCCC=COC([Si])OC=CCCCCCCCCC. The first-order valence-corrected chi connectivity index (χ1v) is 11.7. The maximum absolute atomic E-state index is 5.44. The Morgan fingerprint density at radius 3 is 1.31 bits per heavy atom. The molecule has 0 aromatic heterocycles. The molecule has 0 atom stereocenters. The molecule has 0 aliphatic carbocycles. The van der Waals surface area contributed by atoms with Crippen LogP contribution in [0.15, 0.2) is 24.7 Å². The number of ether oxygens (including phenoxy) is 2. The first-order chi connectivity index (χ1) is 12.8. The van der Waals surface area contributed by atoms with Crippen LogP contribution in [0.1, 0.15) is 117 Å². The summed E-state index contributed by atoms with van der Waals surface area (Å²) in [7, 11) is 3.42. The van der Waals surface area contributed by atoms with Crippen molar-refractivity contribution in [3.05, 3.63) is 24.7 Å². The fourth-order valence-electron chi connectivity index (χ4n) is 2.86. The number of allylic oxidation sites excluding steroid dienone is 2. The second-order valence-corrected chi connectivity index (χ2v) is 7.64. The Bertz CT molecular complexity index is 285. The van der Waals surface area contributed by atoms with Crippen molar-refractivity contribution in [3.63, 3.8) is 0 Å². The molecule has 151 valence electrons. The Balaban J connectivity index is 3.33. The lowest BCUT2D eigenvalue weighted by atomic mass is 10.1. The Kier molecular flexibility index (Phi) is 21.7. The van der Waals surface area contributed by atoms with Gasteiger partial charge in [0.2, 0.25) is 5.91 Å². The van der Waals surface area contributed by atoms with Gasteiger partial charge in [-0.05, 0) is 37.8 Å². The van der Waals surface area contributed by atoms with E-state index in [1.54, 1.807) is 12.5 Å². The third kappa shape index (κ3) is 21.3. The zero-order valence-electron chi connectivity index (χ0n) is 17.5. The van der Waals surface area contributed by atoms with Gasteiger partial charge in [-0.2, -0.15) is 0 Å². The first kappa shape index (κ1) is 25.3. The molecular weight excluding hydrogens is 336 g/mol. The minimum absolute atomic E-state index is 0.398. The van der Waals surface area contributed by atoms with E-state index in [0.29, 0.717) is 0 Å². The molecule has 3 radical (unpaired) electrons. The van der Waals surface area contributed by atoms with Gasteiger partial charge < -0.3 is 9.47 Å². The van der Waals surface area contributed by atoms with E-state index in [2.05, 4.69) is 36.2 Å². The average molecular weight is 380 g/mol. The van der Waals surface area contributed by atoms with Gasteiger partial charge in [-0.1, -0.05) is 90.9 Å². The summed E-state index contributed by atoms with van der Waals surface area (Å²) in [6.07, 6.45) is 28.7. The molecule has 0 saturated heterocycles. The Morgan fingerprint density at radius 2 is 0.923 bits per heavy atom. The largest absolute Gasteiger partial charge is 0.468 e. The lowest BCUT2D eigenvalue weighted by molar-refractivity contribution is 0.00382. The van der Waals surface area contributed by atoms with Crippen molar-refractivity contribution < 1.29 is 9.47 Å².